The Kier molecular flexibility index (Phi) is 5.28. The summed E-state index contributed by atoms with van der Waals surface area (Å²) in [5.74, 6) is -1.13. The summed E-state index contributed by atoms with van der Waals surface area (Å²) >= 11 is 1.07. The standard InChI is InChI=1S/C11H13NO6S/c1-6-9(12(17)18)2-7(11(15)16)3-10(6)19-5-8(14)4-13/h2-3,8,13-14H,4-5H2,1H3,(H,15,16). The monoisotopic (exact) mass is 287 g/mol. The Morgan fingerprint density at radius 1 is 1.53 bits per heavy atom. The average molecular weight is 287 g/mol. The van der Waals surface area contributed by atoms with Gasteiger partial charge in [-0.3, -0.25) is 10.1 Å². The molecule has 0 aliphatic rings. The molecule has 0 radical (unpaired) electrons. The summed E-state index contributed by atoms with van der Waals surface area (Å²) in [5.41, 5.74) is -0.121. The van der Waals surface area contributed by atoms with Crippen LogP contribution in [0.25, 0.3) is 0 Å². The normalized spacial score (nSPS) is 12.2. The Balaban J connectivity index is 3.14. The number of carboxylic acids is 1. The fourth-order valence-electron chi connectivity index (χ4n) is 1.37. The molecule has 0 saturated heterocycles. The molecule has 7 nitrogen and oxygen atoms in total. The number of aliphatic hydroxyl groups excluding tert-OH is 2. The van der Waals surface area contributed by atoms with Crippen LogP contribution in [0.15, 0.2) is 17.0 Å². The molecule has 0 aromatic heterocycles. The minimum atomic E-state index is -1.26. The van der Waals surface area contributed by atoms with Crippen molar-refractivity contribution >= 4 is 23.4 Å². The fourth-order valence-corrected chi connectivity index (χ4v) is 2.38. The van der Waals surface area contributed by atoms with E-state index in [-0.39, 0.29) is 17.0 Å². The van der Waals surface area contributed by atoms with Crippen molar-refractivity contribution in [3.63, 3.8) is 0 Å². The highest BCUT2D eigenvalue weighted by Crippen LogP contribution is 2.31. The van der Waals surface area contributed by atoms with Gasteiger partial charge in [0.1, 0.15) is 0 Å². The number of hydrogen-bond donors (Lipinski definition) is 3. The molecule has 19 heavy (non-hydrogen) atoms. The summed E-state index contributed by atoms with van der Waals surface area (Å²) in [4.78, 5) is 21.5. The van der Waals surface area contributed by atoms with Gasteiger partial charge in [0, 0.05) is 22.3 Å². The highest BCUT2D eigenvalue weighted by Gasteiger charge is 2.19. The van der Waals surface area contributed by atoms with Crippen LogP contribution < -0.4 is 0 Å². The van der Waals surface area contributed by atoms with Crippen LogP contribution in [0, 0.1) is 17.0 Å². The number of aromatic carboxylic acids is 1. The van der Waals surface area contributed by atoms with Crippen LogP contribution >= 0.6 is 11.8 Å². The van der Waals surface area contributed by atoms with Gasteiger partial charge in [-0.2, -0.15) is 0 Å². The number of nitrogens with zero attached hydrogens (tertiary/aromatic N) is 1. The lowest BCUT2D eigenvalue weighted by Crippen LogP contribution is -2.14. The molecule has 0 spiro atoms. The second-order valence-electron chi connectivity index (χ2n) is 3.83. The number of thioether (sulfide) groups is 1. The summed E-state index contributed by atoms with van der Waals surface area (Å²) in [6.45, 7) is 1.09. The maximum Gasteiger partial charge on any atom is 0.335 e. The molecule has 104 valence electrons. The SMILES string of the molecule is Cc1c(SCC(O)CO)cc(C(=O)O)cc1[N+](=O)[O-]. The summed E-state index contributed by atoms with van der Waals surface area (Å²) in [5, 5.41) is 37.7. The first-order chi connectivity index (χ1) is 8.86. The molecule has 8 heteroatoms. The number of nitro benzene ring substituents is 1. The van der Waals surface area contributed by atoms with E-state index < -0.39 is 23.6 Å². The Hall–Kier alpha value is -1.64. The van der Waals surface area contributed by atoms with Gasteiger partial charge < -0.3 is 15.3 Å². The molecule has 0 aliphatic carbocycles. The molecule has 0 fully saturated rings. The molecule has 0 saturated carbocycles. The molecule has 1 rings (SSSR count). The Morgan fingerprint density at radius 2 is 2.16 bits per heavy atom. The molecule has 1 unspecified atom stereocenters. The maximum absolute atomic E-state index is 10.9. The van der Waals surface area contributed by atoms with Crippen LogP contribution in [0.2, 0.25) is 0 Å². The first kappa shape index (κ1) is 15.4. The fraction of sp³-hybridized carbons (Fsp3) is 0.364. The highest BCUT2D eigenvalue weighted by atomic mass is 32.2. The lowest BCUT2D eigenvalue weighted by atomic mass is 10.1. The molecule has 0 amide bonds. The molecule has 3 N–H and O–H groups in total. The molecular weight excluding hydrogens is 274 g/mol. The van der Waals surface area contributed by atoms with Crippen LogP contribution in [-0.4, -0.2) is 44.7 Å². The zero-order valence-corrected chi connectivity index (χ0v) is 10.9. The van der Waals surface area contributed by atoms with E-state index in [1.807, 2.05) is 0 Å². The van der Waals surface area contributed by atoms with Crippen molar-refractivity contribution in [1.29, 1.82) is 0 Å². The zero-order valence-electron chi connectivity index (χ0n) is 10.1. The lowest BCUT2D eigenvalue weighted by Gasteiger charge is -2.10. The Labute approximate surface area is 113 Å². The van der Waals surface area contributed by atoms with Crippen LogP contribution in [0.4, 0.5) is 5.69 Å². The third kappa shape index (κ3) is 3.91. The van der Waals surface area contributed by atoms with Gasteiger partial charge >= 0.3 is 5.97 Å². The van der Waals surface area contributed by atoms with E-state index in [0.29, 0.717) is 10.5 Å². The molecule has 0 heterocycles. The molecule has 1 atom stereocenters. The third-order valence-electron chi connectivity index (χ3n) is 2.42. The Morgan fingerprint density at radius 3 is 2.63 bits per heavy atom. The molecule has 1 aromatic carbocycles. The number of nitro groups is 1. The van der Waals surface area contributed by atoms with E-state index in [1.54, 1.807) is 0 Å². The third-order valence-corrected chi connectivity index (χ3v) is 3.70. The van der Waals surface area contributed by atoms with E-state index in [9.17, 15) is 20.0 Å². The van der Waals surface area contributed by atoms with Gasteiger partial charge in [0.2, 0.25) is 0 Å². The predicted octanol–water partition coefficient (Wildman–Crippen LogP) is 1.05. The number of carboxylic acid groups (broad SMARTS) is 1. The van der Waals surface area contributed by atoms with E-state index in [2.05, 4.69) is 0 Å². The summed E-state index contributed by atoms with van der Waals surface area (Å²) in [6, 6.07) is 2.32. The summed E-state index contributed by atoms with van der Waals surface area (Å²) in [6.07, 6.45) is -0.961. The van der Waals surface area contributed by atoms with Crippen LogP contribution in [0.1, 0.15) is 15.9 Å². The Bertz CT molecular complexity index is 504. The van der Waals surface area contributed by atoms with Gasteiger partial charge in [-0.05, 0) is 13.0 Å². The van der Waals surface area contributed by atoms with Gasteiger partial charge in [0.05, 0.1) is 23.2 Å². The minimum Gasteiger partial charge on any atom is -0.478 e. The number of benzene rings is 1. The van der Waals surface area contributed by atoms with Crippen molar-refractivity contribution < 1.29 is 25.0 Å². The number of rotatable bonds is 6. The highest BCUT2D eigenvalue weighted by molar-refractivity contribution is 7.99. The summed E-state index contributed by atoms with van der Waals surface area (Å²) < 4.78 is 0. The van der Waals surface area contributed by atoms with Gasteiger partial charge in [-0.1, -0.05) is 0 Å². The first-order valence-electron chi connectivity index (χ1n) is 5.30. The van der Waals surface area contributed by atoms with Gasteiger partial charge in [0.15, 0.2) is 0 Å². The van der Waals surface area contributed by atoms with Crippen LogP contribution in [0.5, 0.6) is 0 Å². The van der Waals surface area contributed by atoms with E-state index in [4.69, 9.17) is 10.2 Å². The first-order valence-corrected chi connectivity index (χ1v) is 6.29. The van der Waals surface area contributed by atoms with E-state index in [0.717, 1.165) is 17.8 Å². The predicted molar refractivity (Wildman–Crippen MR) is 68.6 cm³/mol. The number of aliphatic hydroxyl groups is 2. The van der Waals surface area contributed by atoms with Crippen molar-refractivity contribution in [3.05, 3.63) is 33.4 Å². The minimum absolute atomic E-state index is 0.123. The smallest absolute Gasteiger partial charge is 0.335 e. The van der Waals surface area contributed by atoms with Crippen molar-refractivity contribution in [2.75, 3.05) is 12.4 Å². The van der Waals surface area contributed by atoms with Gasteiger partial charge in [0.25, 0.3) is 5.69 Å². The zero-order chi connectivity index (χ0) is 14.6. The molecule has 0 aliphatic heterocycles. The largest absolute Gasteiger partial charge is 0.478 e. The summed E-state index contributed by atoms with van der Waals surface area (Å²) in [7, 11) is 0. The number of carbonyl (C=O) groups is 1. The second-order valence-corrected chi connectivity index (χ2v) is 4.89. The van der Waals surface area contributed by atoms with Gasteiger partial charge in [-0.25, -0.2) is 4.79 Å². The average Bonchev–Trinajstić information content (AvgIpc) is 2.36. The molecular formula is C11H13NO6S. The number of hydrogen-bond acceptors (Lipinski definition) is 6. The quantitative estimate of drug-likeness (QED) is 0.406. The van der Waals surface area contributed by atoms with Crippen molar-refractivity contribution in [2.24, 2.45) is 0 Å². The van der Waals surface area contributed by atoms with E-state index in [1.165, 1.54) is 13.0 Å². The second kappa shape index (κ2) is 6.50. The molecule has 1 aromatic rings. The van der Waals surface area contributed by atoms with Crippen molar-refractivity contribution in [3.8, 4) is 0 Å². The van der Waals surface area contributed by atoms with Crippen molar-refractivity contribution in [1.82, 2.24) is 0 Å². The topological polar surface area (TPSA) is 121 Å². The van der Waals surface area contributed by atoms with E-state index >= 15 is 0 Å². The van der Waals surface area contributed by atoms with Crippen LogP contribution in [-0.2, 0) is 0 Å². The van der Waals surface area contributed by atoms with Crippen molar-refractivity contribution in [2.45, 2.75) is 17.9 Å². The molecule has 0 bridgehead atoms. The lowest BCUT2D eigenvalue weighted by molar-refractivity contribution is -0.385. The maximum atomic E-state index is 10.9. The van der Waals surface area contributed by atoms with Gasteiger partial charge in [-0.15, -0.1) is 11.8 Å². The van der Waals surface area contributed by atoms with Crippen LogP contribution in [0.3, 0.4) is 0 Å².